The van der Waals surface area contributed by atoms with Gasteiger partial charge in [-0.15, -0.1) is 0 Å². The number of rotatable bonds is 11. The van der Waals surface area contributed by atoms with Crippen molar-refractivity contribution >= 4 is 28.5 Å². The van der Waals surface area contributed by atoms with Gasteiger partial charge in [-0.25, -0.2) is 4.98 Å². The molecule has 0 bridgehead atoms. The van der Waals surface area contributed by atoms with Crippen LogP contribution in [0.4, 0.5) is 0 Å². The second kappa shape index (κ2) is 11.6. The maximum Gasteiger partial charge on any atom is 0.225 e. The molecule has 0 atom stereocenters. The molecule has 0 fully saturated rings. The number of unbranched alkanes of at least 4 members (excludes halogenated alkanes) is 2. The van der Waals surface area contributed by atoms with E-state index in [0.29, 0.717) is 6.61 Å². The number of hydrogen-bond donors (Lipinski definition) is 1. The van der Waals surface area contributed by atoms with Gasteiger partial charge >= 0.3 is 0 Å². The van der Waals surface area contributed by atoms with E-state index >= 15 is 0 Å². The minimum atomic E-state index is -0.332. The predicted molar refractivity (Wildman–Crippen MR) is 136 cm³/mol. The molecule has 3 rings (SSSR count). The van der Waals surface area contributed by atoms with Gasteiger partial charge < -0.3 is 14.6 Å². The number of hydrogen-bond acceptors (Lipinski definition) is 3. The van der Waals surface area contributed by atoms with Gasteiger partial charge in [0.15, 0.2) is 0 Å². The topological polar surface area (TPSA) is 56.1 Å². The molecule has 3 aromatic rings. The van der Waals surface area contributed by atoms with Crippen LogP contribution >= 0.6 is 11.6 Å². The molecule has 2 aromatic carbocycles. The highest BCUT2D eigenvalue weighted by Gasteiger charge is 2.20. The molecule has 5 nitrogen and oxygen atoms in total. The average molecular weight is 470 g/mol. The summed E-state index contributed by atoms with van der Waals surface area (Å²) in [4.78, 5) is 16.9. The largest absolute Gasteiger partial charge is 0.494 e. The van der Waals surface area contributed by atoms with Gasteiger partial charge in [0.25, 0.3) is 0 Å². The number of amides is 1. The van der Waals surface area contributed by atoms with Crippen molar-refractivity contribution in [3.05, 3.63) is 58.9 Å². The molecule has 0 aliphatic carbocycles. The highest BCUT2D eigenvalue weighted by Crippen LogP contribution is 2.22. The van der Waals surface area contributed by atoms with Crippen LogP contribution in [-0.4, -0.2) is 28.6 Å². The summed E-state index contributed by atoms with van der Waals surface area (Å²) >= 11 is 6.10. The molecular formula is C27H36ClN3O2. The van der Waals surface area contributed by atoms with Crippen molar-refractivity contribution in [3.8, 4) is 5.75 Å². The van der Waals surface area contributed by atoms with E-state index in [1.54, 1.807) is 0 Å². The summed E-state index contributed by atoms with van der Waals surface area (Å²) in [6.45, 7) is 10.0. The summed E-state index contributed by atoms with van der Waals surface area (Å²) in [6, 6.07) is 14.1. The molecular weight excluding hydrogens is 434 g/mol. The summed E-state index contributed by atoms with van der Waals surface area (Å²) in [5.74, 6) is 2.09. The fourth-order valence-electron chi connectivity index (χ4n) is 3.74. The first-order chi connectivity index (χ1) is 15.8. The third-order valence-corrected chi connectivity index (χ3v) is 6.13. The quantitative estimate of drug-likeness (QED) is 0.333. The normalized spacial score (nSPS) is 11.7. The van der Waals surface area contributed by atoms with Gasteiger partial charge in [0.1, 0.15) is 11.6 Å². The first-order valence-corrected chi connectivity index (χ1v) is 12.2. The maximum absolute atomic E-state index is 12.0. The van der Waals surface area contributed by atoms with Crippen LogP contribution in [0.5, 0.6) is 5.75 Å². The molecule has 0 saturated heterocycles. The Labute approximate surface area is 202 Å². The third-order valence-electron chi connectivity index (χ3n) is 5.70. The smallest absolute Gasteiger partial charge is 0.225 e. The van der Waals surface area contributed by atoms with Crippen molar-refractivity contribution in [1.29, 1.82) is 0 Å². The fraction of sp³-hybridized carbons (Fsp3) is 0.481. The molecule has 0 aliphatic rings. The van der Waals surface area contributed by atoms with Crippen LogP contribution in [0.15, 0.2) is 42.5 Å². The fourth-order valence-corrected chi connectivity index (χ4v) is 3.85. The molecule has 0 unspecified atom stereocenters. The maximum atomic E-state index is 12.0. The minimum Gasteiger partial charge on any atom is -0.494 e. The molecule has 0 radical (unpaired) electrons. The van der Waals surface area contributed by atoms with E-state index in [1.807, 2.05) is 52.0 Å². The monoisotopic (exact) mass is 469 g/mol. The second-order valence-electron chi connectivity index (χ2n) is 9.60. The highest BCUT2D eigenvalue weighted by molar-refractivity contribution is 6.31. The van der Waals surface area contributed by atoms with Gasteiger partial charge in [-0.2, -0.15) is 0 Å². The third kappa shape index (κ3) is 7.23. The second-order valence-corrected chi connectivity index (χ2v) is 10.0. The van der Waals surface area contributed by atoms with E-state index in [0.717, 1.165) is 72.9 Å². The summed E-state index contributed by atoms with van der Waals surface area (Å²) < 4.78 is 8.26. The summed E-state index contributed by atoms with van der Waals surface area (Å²) in [5, 5.41) is 3.79. The lowest BCUT2D eigenvalue weighted by molar-refractivity contribution is -0.128. The zero-order valence-corrected chi connectivity index (χ0v) is 21.0. The van der Waals surface area contributed by atoms with Gasteiger partial charge in [-0.1, -0.05) is 50.9 Å². The Balaban J connectivity index is 1.50. The van der Waals surface area contributed by atoms with Crippen molar-refractivity contribution in [1.82, 2.24) is 14.9 Å². The molecule has 0 saturated carbocycles. The van der Waals surface area contributed by atoms with E-state index in [2.05, 4.69) is 28.1 Å². The first kappa shape index (κ1) is 25.1. The van der Waals surface area contributed by atoms with Gasteiger partial charge in [-0.05, 0) is 62.1 Å². The number of aromatic nitrogens is 2. The van der Waals surface area contributed by atoms with E-state index in [-0.39, 0.29) is 11.3 Å². The van der Waals surface area contributed by atoms with Crippen molar-refractivity contribution in [2.75, 3.05) is 13.2 Å². The van der Waals surface area contributed by atoms with Crippen LogP contribution in [0.1, 0.15) is 57.8 Å². The van der Waals surface area contributed by atoms with E-state index in [4.69, 9.17) is 21.3 Å². The lowest BCUT2D eigenvalue weighted by atomic mass is 9.96. The van der Waals surface area contributed by atoms with Crippen molar-refractivity contribution in [2.45, 2.75) is 66.3 Å². The number of para-hydroxylation sites is 2. The number of imidazole rings is 1. The van der Waals surface area contributed by atoms with Crippen LogP contribution in [0.2, 0.25) is 5.02 Å². The Hall–Kier alpha value is -2.53. The van der Waals surface area contributed by atoms with Gasteiger partial charge in [0.05, 0.1) is 17.6 Å². The van der Waals surface area contributed by atoms with Crippen LogP contribution in [0.25, 0.3) is 11.0 Å². The van der Waals surface area contributed by atoms with E-state index < -0.39 is 0 Å². The number of nitrogens with one attached hydrogen (secondary N) is 1. The number of aryl methyl sites for hydroxylation is 3. The molecule has 1 N–H and O–H groups in total. The zero-order valence-electron chi connectivity index (χ0n) is 20.3. The SMILES string of the molecule is Cc1cc(OCCCn2c(CCCCCNC(=O)C(C)(C)C)nc3ccccc32)ccc1Cl. The Morgan fingerprint density at radius 2 is 1.88 bits per heavy atom. The Kier molecular flexibility index (Phi) is 8.79. The molecule has 1 amide bonds. The lowest BCUT2D eigenvalue weighted by Gasteiger charge is -2.17. The standard InChI is InChI=1S/C27H36ClN3O2/c1-20-19-21(14-15-22(20)28)33-18-10-17-31-24-12-8-7-11-23(24)30-25(31)13-6-5-9-16-29-26(32)27(2,3)4/h7-8,11-12,14-15,19H,5-6,9-10,13,16-18H2,1-4H3,(H,29,32). The summed E-state index contributed by atoms with van der Waals surface area (Å²) in [5.41, 5.74) is 2.91. The molecule has 0 spiro atoms. The molecule has 178 valence electrons. The van der Waals surface area contributed by atoms with Gasteiger partial charge in [-0.3, -0.25) is 4.79 Å². The number of ether oxygens (including phenoxy) is 1. The van der Waals surface area contributed by atoms with E-state index in [1.165, 1.54) is 5.52 Å². The number of benzene rings is 2. The number of halogens is 1. The number of nitrogens with zero attached hydrogens (tertiary/aromatic N) is 2. The molecule has 0 aliphatic heterocycles. The van der Waals surface area contributed by atoms with Crippen molar-refractivity contribution in [3.63, 3.8) is 0 Å². The molecule has 1 aromatic heterocycles. The number of fused-ring (bicyclic) bond motifs is 1. The Bertz CT molecular complexity index is 1070. The van der Waals surface area contributed by atoms with Crippen LogP contribution in [0.3, 0.4) is 0 Å². The first-order valence-electron chi connectivity index (χ1n) is 11.9. The summed E-state index contributed by atoms with van der Waals surface area (Å²) in [7, 11) is 0. The minimum absolute atomic E-state index is 0.111. The van der Waals surface area contributed by atoms with E-state index in [9.17, 15) is 4.79 Å². The van der Waals surface area contributed by atoms with Crippen LogP contribution in [-0.2, 0) is 17.8 Å². The molecule has 6 heteroatoms. The van der Waals surface area contributed by atoms with Crippen molar-refractivity contribution in [2.24, 2.45) is 5.41 Å². The van der Waals surface area contributed by atoms with Crippen LogP contribution < -0.4 is 10.1 Å². The van der Waals surface area contributed by atoms with Gasteiger partial charge in [0, 0.05) is 29.9 Å². The summed E-state index contributed by atoms with van der Waals surface area (Å²) in [6.07, 6.45) is 4.92. The van der Waals surface area contributed by atoms with Crippen molar-refractivity contribution < 1.29 is 9.53 Å². The average Bonchev–Trinajstić information content (AvgIpc) is 3.12. The van der Waals surface area contributed by atoms with Gasteiger partial charge in [0.2, 0.25) is 5.91 Å². The number of carbonyl (C=O) groups excluding carboxylic acids is 1. The molecule has 1 heterocycles. The van der Waals surface area contributed by atoms with Crippen LogP contribution in [0, 0.1) is 12.3 Å². The lowest BCUT2D eigenvalue weighted by Crippen LogP contribution is -2.35. The number of carbonyl (C=O) groups is 1. The predicted octanol–water partition coefficient (Wildman–Crippen LogP) is 6.34. The Morgan fingerprint density at radius 3 is 2.64 bits per heavy atom. The molecule has 33 heavy (non-hydrogen) atoms. The highest BCUT2D eigenvalue weighted by atomic mass is 35.5. The zero-order chi connectivity index (χ0) is 23.8. The Morgan fingerprint density at radius 1 is 1.09 bits per heavy atom.